The lowest BCUT2D eigenvalue weighted by molar-refractivity contribution is -0.143. The van der Waals surface area contributed by atoms with Gasteiger partial charge in [-0.1, -0.05) is 0 Å². The number of piperidine rings is 1. The Balaban J connectivity index is 2.72. The number of likely N-dealkylation sites (tertiary alicyclic amines) is 1. The second-order valence-electron chi connectivity index (χ2n) is 5.40. The van der Waals surface area contributed by atoms with Crippen LogP contribution < -0.4 is 5.32 Å². The molecule has 0 radical (unpaired) electrons. The van der Waals surface area contributed by atoms with Crippen molar-refractivity contribution in [3.8, 4) is 0 Å². The summed E-state index contributed by atoms with van der Waals surface area (Å²) in [5.74, 6) is -1.02. The number of carbonyl (C=O) groups excluding carboxylic acids is 1. The van der Waals surface area contributed by atoms with Crippen molar-refractivity contribution in [2.45, 2.75) is 64.6 Å². The zero-order valence-corrected chi connectivity index (χ0v) is 11.0. The van der Waals surface area contributed by atoms with E-state index in [1.165, 1.54) is 13.8 Å². The van der Waals surface area contributed by atoms with Gasteiger partial charge in [-0.3, -0.25) is 0 Å². The molecule has 2 atom stereocenters. The fourth-order valence-electron chi connectivity index (χ4n) is 2.21. The molecule has 17 heavy (non-hydrogen) atoms. The van der Waals surface area contributed by atoms with Crippen molar-refractivity contribution in [3.05, 3.63) is 0 Å². The zero-order chi connectivity index (χ0) is 13.2. The number of urea groups is 1. The van der Waals surface area contributed by atoms with Gasteiger partial charge in [0.2, 0.25) is 0 Å². The van der Waals surface area contributed by atoms with Gasteiger partial charge in [-0.2, -0.15) is 0 Å². The first-order chi connectivity index (χ1) is 7.75. The average Bonchev–Trinajstić information content (AvgIpc) is 2.15. The number of hydrogen-bond acceptors (Lipinski definition) is 2. The number of hydrogen-bond donors (Lipinski definition) is 2. The van der Waals surface area contributed by atoms with Gasteiger partial charge in [0.1, 0.15) is 5.54 Å². The zero-order valence-electron chi connectivity index (χ0n) is 11.0. The lowest BCUT2D eigenvalue weighted by Gasteiger charge is -2.40. The number of carboxylic acids is 1. The summed E-state index contributed by atoms with van der Waals surface area (Å²) in [6.45, 7) is 6.99. The molecule has 2 amide bonds. The van der Waals surface area contributed by atoms with Crippen molar-refractivity contribution in [1.29, 1.82) is 0 Å². The van der Waals surface area contributed by atoms with Crippen molar-refractivity contribution >= 4 is 12.0 Å². The predicted octanol–water partition coefficient (Wildman–Crippen LogP) is 1.82. The molecule has 0 saturated carbocycles. The summed E-state index contributed by atoms with van der Waals surface area (Å²) >= 11 is 0. The molecule has 2 N–H and O–H groups in total. The number of amides is 2. The van der Waals surface area contributed by atoms with E-state index in [4.69, 9.17) is 5.11 Å². The Morgan fingerprint density at radius 3 is 2.12 bits per heavy atom. The van der Waals surface area contributed by atoms with Crippen LogP contribution in [0, 0.1) is 0 Å². The highest BCUT2D eigenvalue weighted by molar-refractivity contribution is 5.85. The van der Waals surface area contributed by atoms with Crippen LogP contribution >= 0.6 is 0 Å². The monoisotopic (exact) mass is 242 g/mol. The van der Waals surface area contributed by atoms with Gasteiger partial charge < -0.3 is 15.3 Å². The maximum atomic E-state index is 12.1. The Kier molecular flexibility index (Phi) is 4.01. The molecule has 1 aliphatic rings. The van der Waals surface area contributed by atoms with Crippen LogP contribution in [0.25, 0.3) is 0 Å². The number of aliphatic carboxylic acids is 1. The van der Waals surface area contributed by atoms with Gasteiger partial charge >= 0.3 is 12.0 Å². The van der Waals surface area contributed by atoms with Gasteiger partial charge in [-0.25, -0.2) is 9.59 Å². The number of nitrogens with one attached hydrogen (secondary N) is 1. The van der Waals surface area contributed by atoms with E-state index in [9.17, 15) is 9.59 Å². The highest BCUT2D eigenvalue weighted by Crippen LogP contribution is 2.22. The minimum atomic E-state index is -1.23. The molecular formula is C12H22N2O3. The normalized spacial score (nSPS) is 25.5. The first-order valence-corrected chi connectivity index (χ1v) is 6.09. The van der Waals surface area contributed by atoms with Crippen LogP contribution in [0.1, 0.15) is 47.0 Å². The van der Waals surface area contributed by atoms with Gasteiger partial charge in [-0.05, 0) is 47.0 Å². The Morgan fingerprint density at radius 1 is 1.24 bits per heavy atom. The molecule has 5 nitrogen and oxygen atoms in total. The number of nitrogens with zero attached hydrogens (tertiary/aromatic N) is 1. The fraction of sp³-hybridized carbons (Fsp3) is 0.833. The smallest absolute Gasteiger partial charge is 0.328 e. The van der Waals surface area contributed by atoms with Crippen molar-refractivity contribution in [2.75, 3.05) is 0 Å². The maximum absolute atomic E-state index is 12.1. The summed E-state index contributed by atoms with van der Waals surface area (Å²) in [5, 5.41) is 11.6. The third-order valence-corrected chi connectivity index (χ3v) is 3.38. The van der Waals surface area contributed by atoms with E-state index in [0.717, 1.165) is 19.3 Å². The van der Waals surface area contributed by atoms with E-state index in [1.807, 2.05) is 13.8 Å². The van der Waals surface area contributed by atoms with Crippen LogP contribution in [0.2, 0.25) is 0 Å². The average molecular weight is 242 g/mol. The summed E-state index contributed by atoms with van der Waals surface area (Å²) in [6, 6.07) is 0.0591. The van der Waals surface area contributed by atoms with Crippen LogP contribution in [-0.4, -0.2) is 39.6 Å². The maximum Gasteiger partial charge on any atom is 0.328 e. The molecule has 0 spiro atoms. The molecule has 1 fully saturated rings. The lowest BCUT2D eigenvalue weighted by Crippen LogP contribution is -2.58. The second kappa shape index (κ2) is 4.94. The van der Waals surface area contributed by atoms with Crippen LogP contribution in [0.5, 0.6) is 0 Å². The summed E-state index contributed by atoms with van der Waals surface area (Å²) < 4.78 is 0. The Morgan fingerprint density at radius 2 is 1.71 bits per heavy atom. The van der Waals surface area contributed by atoms with E-state index in [1.54, 1.807) is 4.90 Å². The molecule has 0 unspecified atom stereocenters. The third kappa shape index (κ3) is 3.11. The summed E-state index contributed by atoms with van der Waals surface area (Å²) in [6.07, 6.45) is 3.07. The van der Waals surface area contributed by atoms with Crippen LogP contribution in [-0.2, 0) is 4.79 Å². The molecule has 0 bridgehead atoms. The van der Waals surface area contributed by atoms with E-state index in [0.29, 0.717) is 0 Å². The van der Waals surface area contributed by atoms with Crippen LogP contribution in [0.3, 0.4) is 0 Å². The summed E-state index contributed by atoms with van der Waals surface area (Å²) in [4.78, 5) is 24.8. The highest BCUT2D eigenvalue weighted by Gasteiger charge is 2.35. The van der Waals surface area contributed by atoms with Crippen LogP contribution in [0.4, 0.5) is 4.79 Å². The van der Waals surface area contributed by atoms with Crippen LogP contribution in [0.15, 0.2) is 0 Å². The Bertz CT molecular complexity index is 305. The van der Waals surface area contributed by atoms with Crippen molar-refractivity contribution in [2.24, 2.45) is 0 Å². The van der Waals surface area contributed by atoms with Gasteiger partial charge in [-0.15, -0.1) is 0 Å². The van der Waals surface area contributed by atoms with Gasteiger partial charge in [0.25, 0.3) is 0 Å². The van der Waals surface area contributed by atoms with Crippen molar-refractivity contribution in [3.63, 3.8) is 0 Å². The third-order valence-electron chi connectivity index (χ3n) is 3.38. The molecular weight excluding hydrogens is 220 g/mol. The summed E-state index contributed by atoms with van der Waals surface area (Å²) in [7, 11) is 0. The van der Waals surface area contributed by atoms with E-state index >= 15 is 0 Å². The van der Waals surface area contributed by atoms with Gasteiger partial charge in [0.15, 0.2) is 0 Å². The molecule has 1 aliphatic heterocycles. The number of rotatable bonds is 2. The molecule has 1 saturated heterocycles. The quantitative estimate of drug-likeness (QED) is 0.776. The minimum Gasteiger partial charge on any atom is -0.480 e. The molecule has 0 aromatic carbocycles. The molecule has 1 rings (SSSR count). The number of carboxylic acid groups (broad SMARTS) is 1. The molecule has 0 aromatic rings. The van der Waals surface area contributed by atoms with Gasteiger partial charge in [0.05, 0.1) is 0 Å². The Labute approximate surface area is 102 Å². The molecule has 0 aromatic heterocycles. The number of carbonyl (C=O) groups is 2. The molecule has 0 aliphatic carbocycles. The first kappa shape index (κ1) is 13.8. The lowest BCUT2D eigenvalue weighted by atomic mass is 9.98. The highest BCUT2D eigenvalue weighted by atomic mass is 16.4. The summed E-state index contributed by atoms with van der Waals surface area (Å²) in [5.41, 5.74) is -1.23. The largest absolute Gasteiger partial charge is 0.480 e. The Hall–Kier alpha value is -1.26. The minimum absolute atomic E-state index is 0.170. The second-order valence-corrected chi connectivity index (χ2v) is 5.40. The topological polar surface area (TPSA) is 69.6 Å². The van der Waals surface area contributed by atoms with E-state index < -0.39 is 11.5 Å². The van der Waals surface area contributed by atoms with E-state index in [-0.39, 0.29) is 18.1 Å². The fourth-order valence-corrected chi connectivity index (χ4v) is 2.21. The van der Waals surface area contributed by atoms with E-state index in [2.05, 4.69) is 5.32 Å². The molecule has 5 heteroatoms. The molecule has 1 heterocycles. The molecule has 98 valence electrons. The predicted molar refractivity (Wildman–Crippen MR) is 64.9 cm³/mol. The first-order valence-electron chi connectivity index (χ1n) is 6.09. The SMILES string of the molecule is C[C@@H]1CCC[C@H](C)N1C(=O)NC(C)(C)C(=O)O. The van der Waals surface area contributed by atoms with Crippen molar-refractivity contribution in [1.82, 2.24) is 10.2 Å². The van der Waals surface area contributed by atoms with Crippen molar-refractivity contribution < 1.29 is 14.7 Å². The van der Waals surface area contributed by atoms with Gasteiger partial charge in [0, 0.05) is 12.1 Å². The standard InChI is InChI=1S/C12H22N2O3/c1-8-6-5-7-9(2)14(8)11(17)13-12(3,4)10(15)16/h8-9H,5-7H2,1-4H3,(H,13,17)(H,15,16)/t8-,9+.